The molecule has 1 aliphatic rings. The zero-order chi connectivity index (χ0) is 23.7. The maximum atomic E-state index is 13.7. The third-order valence-electron chi connectivity index (χ3n) is 5.77. The van der Waals surface area contributed by atoms with Crippen LogP contribution < -0.4 is 10.1 Å². The van der Waals surface area contributed by atoms with Crippen LogP contribution in [0.3, 0.4) is 0 Å². The molecule has 174 valence electrons. The maximum absolute atomic E-state index is 13.7. The third-order valence-corrected chi connectivity index (χ3v) is 5.77. The molecule has 0 aliphatic heterocycles. The zero-order valence-corrected chi connectivity index (χ0v) is 17.7. The number of anilines is 1. The van der Waals surface area contributed by atoms with Crippen molar-refractivity contribution in [3.05, 3.63) is 58.7 Å². The predicted octanol–water partition coefficient (Wildman–Crippen LogP) is 5.62. The predicted molar refractivity (Wildman–Crippen MR) is 109 cm³/mol. The number of benzene rings is 2. The zero-order valence-electron chi connectivity index (χ0n) is 17.7. The first-order valence-corrected chi connectivity index (χ1v) is 10.2. The summed E-state index contributed by atoms with van der Waals surface area (Å²) in [6.07, 6.45) is -0.659. The number of aliphatic hydroxyl groups is 1. The third kappa shape index (κ3) is 4.44. The standard InChI is InChI=1S/C23H24F5NO3/c1-21(24,25)22(31,23(26,27)28)17-10-8-14(9-11-17)20(30)29-18-12-15-6-4-3-5-7-16(15)13-19(18)32-2/h8-13,31H,3-7H2,1-2H3,(H,29,30). The van der Waals surface area contributed by atoms with Crippen LogP contribution in [0.15, 0.2) is 36.4 Å². The van der Waals surface area contributed by atoms with Gasteiger partial charge in [0.15, 0.2) is 0 Å². The van der Waals surface area contributed by atoms with E-state index in [4.69, 9.17) is 4.74 Å². The Bertz CT molecular complexity index is 967. The Morgan fingerprint density at radius 2 is 1.53 bits per heavy atom. The van der Waals surface area contributed by atoms with Gasteiger partial charge in [-0.25, -0.2) is 8.78 Å². The fraction of sp³-hybridized carbons (Fsp3) is 0.435. The Labute approximate surface area is 182 Å². The van der Waals surface area contributed by atoms with Crippen molar-refractivity contribution in [1.29, 1.82) is 0 Å². The molecule has 0 saturated carbocycles. The summed E-state index contributed by atoms with van der Waals surface area (Å²) in [6.45, 7) is -0.00822. The van der Waals surface area contributed by atoms with E-state index in [-0.39, 0.29) is 12.5 Å². The fourth-order valence-electron chi connectivity index (χ4n) is 3.93. The molecule has 0 saturated heterocycles. The molecule has 1 amide bonds. The summed E-state index contributed by atoms with van der Waals surface area (Å²) >= 11 is 0. The topological polar surface area (TPSA) is 58.6 Å². The highest BCUT2D eigenvalue weighted by atomic mass is 19.4. The summed E-state index contributed by atoms with van der Waals surface area (Å²) in [7, 11) is 1.46. The minimum absolute atomic E-state index is 0.00822. The van der Waals surface area contributed by atoms with Crippen LogP contribution in [0.4, 0.5) is 27.6 Å². The van der Waals surface area contributed by atoms with Gasteiger partial charge in [-0.15, -0.1) is 0 Å². The Balaban J connectivity index is 1.88. The monoisotopic (exact) mass is 457 g/mol. The van der Waals surface area contributed by atoms with Gasteiger partial charge in [0, 0.05) is 12.5 Å². The molecule has 0 fully saturated rings. The van der Waals surface area contributed by atoms with Crippen molar-refractivity contribution >= 4 is 11.6 Å². The van der Waals surface area contributed by atoms with Crippen LogP contribution in [-0.4, -0.2) is 30.2 Å². The van der Waals surface area contributed by atoms with Crippen molar-refractivity contribution in [3.63, 3.8) is 0 Å². The number of halogens is 5. The number of carbonyl (C=O) groups excluding carboxylic acids is 1. The summed E-state index contributed by atoms with van der Waals surface area (Å²) in [5, 5.41) is 12.5. The molecule has 9 heteroatoms. The van der Waals surface area contributed by atoms with Crippen molar-refractivity contribution in [2.45, 2.75) is 56.7 Å². The van der Waals surface area contributed by atoms with E-state index in [9.17, 15) is 31.9 Å². The number of aryl methyl sites for hydroxylation is 2. The van der Waals surface area contributed by atoms with E-state index in [1.165, 1.54) is 7.11 Å². The van der Waals surface area contributed by atoms with E-state index in [1.54, 1.807) is 0 Å². The minimum Gasteiger partial charge on any atom is -0.495 e. The molecule has 32 heavy (non-hydrogen) atoms. The van der Waals surface area contributed by atoms with E-state index in [0.717, 1.165) is 55.4 Å². The van der Waals surface area contributed by atoms with Crippen molar-refractivity contribution < 1.29 is 36.6 Å². The molecule has 0 heterocycles. The summed E-state index contributed by atoms with van der Waals surface area (Å²) in [6, 6.07) is 6.96. The summed E-state index contributed by atoms with van der Waals surface area (Å²) in [4.78, 5) is 12.7. The van der Waals surface area contributed by atoms with E-state index in [0.29, 0.717) is 23.6 Å². The number of carbonyl (C=O) groups is 1. The van der Waals surface area contributed by atoms with Crippen molar-refractivity contribution in [1.82, 2.24) is 0 Å². The number of ether oxygens (including phenoxy) is 1. The van der Waals surface area contributed by atoms with Gasteiger partial charge >= 0.3 is 6.18 Å². The molecule has 0 aromatic heterocycles. The van der Waals surface area contributed by atoms with Gasteiger partial charge in [0.25, 0.3) is 11.8 Å². The molecule has 4 nitrogen and oxygen atoms in total. The number of alkyl halides is 5. The van der Waals surface area contributed by atoms with E-state index in [1.807, 2.05) is 12.1 Å². The Morgan fingerprint density at radius 3 is 2.03 bits per heavy atom. The molecule has 1 unspecified atom stereocenters. The molecule has 0 spiro atoms. The van der Waals surface area contributed by atoms with Gasteiger partial charge in [-0.2, -0.15) is 13.2 Å². The Kier molecular flexibility index (Phi) is 6.51. The highest BCUT2D eigenvalue weighted by molar-refractivity contribution is 6.05. The van der Waals surface area contributed by atoms with E-state index in [2.05, 4.69) is 5.32 Å². The van der Waals surface area contributed by atoms with Crippen molar-refractivity contribution in [3.8, 4) is 5.75 Å². The van der Waals surface area contributed by atoms with Gasteiger partial charge in [-0.05, 0) is 66.6 Å². The number of hydrogen-bond acceptors (Lipinski definition) is 3. The lowest BCUT2D eigenvalue weighted by molar-refractivity contribution is -0.335. The van der Waals surface area contributed by atoms with Crippen LogP contribution in [-0.2, 0) is 18.4 Å². The summed E-state index contributed by atoms with van der Waals surface area (Å²) in [5.41, 5.74) is -2.85. The maximum Gasteiger partial charge on any atom is 0.427 e. The highest BCUT2D eigenvalue weighted by Gasteiger charge is 2.67. The molecular weight excluding hydrogens is 433 g/mol. The second-order valence-corrected chi connectivity index (χ2v) is 8.01. The molecular formula is C23H24F5NO3. The van der Waals surface area contributed by atoms with Gasteiger partial charge in [-0.1, -0.05) is 18.6 Å². The first-order chi connectivity index (χ1) is 14.9. The average molecular weight is 457 g/mol. The number of nitrogens with one attached hydrogen (secondary N) is 1. The summed E-state index contributed by atoms with van der Waals surface area (Å²) < 4.78 is 72.5. The lowest BCUT2D eigenvalue weighted by Crippen LogP contribution is -2.54. The quantitative estimate of drug-likeness (QED) is 0.453. The molecule has 1 atom stereocenters. The van der Waals surface area contributed by atoms with E-state index < -0.39 is 29.2 Å². The molecule has 3 rings (SSSR count). The molecule has 0 radical (unpaired) electrons. The lowest BCUT2D eigenvalue weighted by Gasteiger charge is -2.35. The SMILES string of the molecule is COc1cc2c(cc1NC(=O)c1ccc(C(O)(C(C)(F)F)C(F)(F)F)cc1)CCCCC2. The fourth-order valence-corrected chi connectivity index (χ4v) is 3.93. The highest BCUT2D eigenvalue weighted by Crippen LogP contribution is 2.49. The van der Waals surface area contributed by atoms with Crippen LogP contribution in [0.2, 0.25) is 0 Å². The minimum atomic E-state index is -5.62. The van der Waals surface area contributed by atoms with Gasteiger partial charge < -0.3 is 15.2 Å². The Morgan fingerprint density at radius 1 is 0.969 bits per heavy atom. The number of fused-ring (bicyclic) bond motifs is 1. The smallest absolute Gasteiger partial charge is 0.427 e. The number of amides is 1. The van der Waals surface area contributed by atoms with Crippen LogP contribution in [0.5, 0.6) is 5.75 Å². The molecule has 2 aromatic carbocycles. The van der Waals surface area contributed by atoms with Crippen LogP contribution in [0.1, 0.15) is 53.2 Å². The van der Waals surface area contributed by atoms with Gasteiger partial charge in [0.05, 0.1) is 12.8 Å². The first-order valence-electron chi connectivity index (χ1n) is 10.2. The van der Waals surface area contributed by atoms with E-state index >= 15 is 0 Å². The van der Waals surface area contributed by atoms with Gasteiger partial charge in [0.1, 0.15) is 5.75 Å². The van der Waals surface area contributed by atoms with Crippen molar-refractivity contribution in [2.75, 3.05) is 12.4 Å². The van der Waals surface area contributed by atoms with Crippen molar-refractivity contribution in [2.24, 2.45) is 0 Å². The lowest BCUT2D eigenvalue weighted by atomic mass is 9.87. The average Bonchev–Trinajstić information content (AvgIpc) is 2.95. The number of rotatable bonds is 5. The normalized spacial score (nSPS) is 16.5. The number of hydrogen-bond donors (Lipinski definition) is 2. The first kappa shape index (κ1) is 24.0. The molecule has 0 bridgehead atoms. The van der Waals surface area contributed by atoms with Crippen LogP contribution in [0.25, 0.3) is 0 Å². The second kappa shape index (κ2) is 8.69. The molecule has 2 N–H and O–H groups in total. The van der Waals surface area contributed by atoms with Crippen LogP contribution >= 0.6 is 0 Å². The second-order valence-electron chi connectivity index (χ2n) is 8.01. The Hall–Kier alpha value is -2.68. The van der Waals surface area contributed by atoms with Crippen LogP contribution in [0, 0.1) is 0 Å². The number of methoxy groups -OCH3 is 1. The summed E-state index contributed by atoms with van der Waals surface area (Å²) in [5.74, 6) is -4.69. The molecule has 1 aliphatic carbocycles. The van der Waals surface area contributed by atoms with Gasteiger partial charge in [0.2, 0.25) is 5.60 Å². The molecule has 2 aromatic rings. The largest absolute Gasteiger partial charge is 0.495 e. The van der Waals surface area contributed by atoms with Gasteiger partial charge in [-0.3, -0.25) is 4.79 Å².